The van der Waals surface area contributed by atoms with Crippen molar-refractivity contribution in [3.63, 3.8) is 0 Å². The second kappa shape index (κ2) is 8.26. The van der Waals surface area contributed by atoms with Gasteiger partial charge < -0.3 is 5.32 Å². The van der Waals surface area contributed by atoms with Crippen molar-refractivity contribution in [1.29, 1.82) is 0 Å². The quantitative estimate of drug-likeness (QED) is 0.566. The van der Waals surface area contributed by atoms with Gasteiger partial charge >= 0.3 is 0 Å². The van der Waals surface area contributed by atoms with Gasteiger partial charge in [-0.1, -0.05) is 72.8 Å². The first-order valence-corrected chi connectivity index (χ1v) is 9.03. The molecule has 138 valence electrons. The fourth-order valence-corrected chi connectivity index (χ4v) is 2.96. The number of carbonyl (C=O) groups is 1. The van der Waals surface area contributed by atoms with Crippen molar-refractivity contribution in [2.45, 2.75) is 13.0 Å². The maximum atomic E-state index is 12.3. The predicted molar refractivity (Wildman–Crippen MR) is 107 cm³/mol. The molecule has 1 amide bonds. The van der Waals surface area contributed by atoms with E-state index in [1.165, 1.54) is 0 Å². The smallest absolute Gasteiger partial charge is 0.224 e. The molecule has 3 aromatic carbocycles. The van der Waals surface area contributed by atoms with E-state index < -0.39 is 0 Å². The zero-order valence-corrected chi connectivity index (χ0v) is 15.2. The van der Waals surface area contributed by atoms with Crippen LogP contribution in [0.1, 0.15) is 11.4 Å². The third-order valence-corrected chi connectivity index (χ3v) is 4.40. The number of benzene rings is 3. The van der Waals surface area contributed by atoms with E-state index in [0.29, 0.717) is 12.2 Å². The second-order valence-corrected chi connectivity index (χ2v) is 6.36. The van der Waals surface area contributed by atoms with Gasteiger partial charge in [-0.25, -0.2) is 0 Å². The van der Waals surface area contributed by atoms with Gasteiger partial charge in [0.25, 0.3) is 0 Å². The summed E-state index contributed by atoms with van der Waals surface area (Å²) in [5, 5.41) is 14.6. The summed E-state index contributed by atoms with van der Waals surface area (Å²) in [4.78, 5) is 12.3. The summed E-state index contributed by atoms with van der Waals surface area (Å²) in [6.45, 7) is 0.267. The molecule has 6 heteroatoms. The molecular formula is C22H19N5O. The van der Waals surface area contributed by atoms with Crippen LogP contribution in [0, 0.1) is 0 Å². The van der Waals surface area contributed by atoms with Crippen LogP contribution in [-0.4, -0.2) is 26.1 Å². The van der Waals surface area contributed by atoms with Gasteiger partial charge in [0, 0.05) is 0 Å². The molecule has 1 heterocycles. The summed E-state index contributed by atoms with van der Waals surface area (Å²) in [6.07, 6.45) is 0.308. The summed E-state index contributed by atoms with van der Waals surface area (Å²) in [5.41, 5.74) is 4.10. The number of rotatable bonds is 6. The third-order valence-electron chi connectivity index (χ3n) is 4.40. The number of hydrogen-bond acceptors (Lipinski definition) is 4. The molecule has 0 bridgehead atoms. The molecule has 0 saturated heterocycles. The molecule has 6 nitrogen and oxygen atoms in total. The lowest BCUT2D eigenvalue weighted by molar-refractivity contribution is -0.120. The van der Waals surface area contributed by atoms with Crippen LogP contribution >= 0.6 is 0 Å². The van der Waals surface area contributed by atoms with E-state index in [-0.39, 0.29) is 12.5 Å². The maximum absolute atomic E-state index is 12.3. The van der Waals surface area contributed by atoms with E-state index in [0.717, 1.165) is 22.4 Å². The lowest BCUT2D eigenvalue weighted by Crippen LogP contribution is -2.26. The summed E-state index contributed by atoms with van der Waals surface area (Å²) in [7, 11) is 0. The number of carbonyl (C=O) groups excluding carboxylic acids is 1. The van der Waals surface area contributed by atoms with E-state index in [4.69, 9.17) is 0 Å². The highest BCUT2D eigenvalue weighted by Gasteiger charge is 2.10. The average molecular weight is 369 g/mol. The van der Waals surface area contributed by atoms with Crippen LogP contribution in [0.5, 0.6) is 0 Å². The van der Waals surface area contributed by atoms with Gasteiger partial charge in [-0.3, -0.25) is 4.79 Å². The molecule has 0 saturated carbocycles. The molecule has 0 aliphatic heterocycles. The monoisotopic (exact) mass is 369 g/mol. The van der Waals surface area contributed by atoms with E-state index in [2.05, 4.69) is 33.0 Å². The molecule has 0 radical (unpaired) electrons. The number of aromatic nitrogens is 4. The maximum Gasteiger partial charge on any atom is 0.224 e. The van der Waals surface area contributed by atoms with E-state index in [1.54, 1.807) is 4.68 Å². The average Bonchev–Trinajstić information content (AvgIpc) is 3.23. The molecule has 0 aliphatic carbocycles. The standard InChI is InChI=1S/C22H19N5O/c28-22(15-17-11-13-19(14-12-17)18-7-3-1-4-8-18)23-16-21-24-25-26-27(21)20-9-5-2-6-10-20/h1-14H,15-16H2,(H,23,28). The minimum atomic E-state index is -0.0740. The van der Waals surface area contributed by atoms with Crippen LogP contribution in [0.25, 0.3) is 16.8 Å². The van der Waals surface area contributed by atoms with Crippen LogP contribution < -0.4 is 5.32 Å². The first-order chi connectivity index (χ1) is 13.8. The Morgan fingerprint density at radius 1 is 0.821 bits per heavy atom. The van der Waals surface area contributed by atoms with Crippen molar-refractivity contribution >= 4 is 5.91 Å². The minimum absolute atomic E-state index is 0.0740. The zero-order valence-electron chi connectivity index (χ0n) is 15.2. The van der Waals surface area contributed by atoms with Crippen molar-refractivity contribution in [2.75, 3.05) is 0 Å². The fourth-order valence-electron chi connectivity index (χ4n) is 2.96. The van der Waals surface area contributed by atoms with Crippen molar-refractivity contribution in [1.82, 2.24) is 25.5 Å². The summed E-state index contributed by atoms with van der Waals surface area (Å²) in [6, 6.07) is 27.8. The van der Waals surface area contributed by atoms with Crippen LogP contribution in [0.3, 0.4) is 0 Å². The number of tetrazole rings is 1. The topological polar surface area (TPSA) is 72.7 Å². The Bertz CT molecular complexity index is 1040. The molecule has 0 spiro atoms. The number of hydrogen-bond donors (Lipinski definition) is 1. The number of amides is 1. The highest BCUT2D eigenvalue weighted by atomic mass is 16.1. The number of nitrogens with zero attached hydrogens (tertiary/aromatic N) is 4. The van der Waals surface area contributed by atoms with Gasteiger partial charge in [0.15, 0.2) is 5.82 Å². The molecule has 28 heavy (non-hydrogen) atoms. The number of nitrogens with one attached hydrogen (secondary N) is 1. The van der Waals surface area contributed by atoms with E-state index in [1.807, 2.05) is 72.8 Å². The Morgan fingerprint density at radius 3 is 2.18 bits per heavy atom. The SMILES string of the molecule is O=C(Cc1ccc(-c2ccccc2)cc1)NCc1nnnn1-c1ccccc1. The highest BCUT2D eigenvalue weighted by Crippen LogP contribution is 2.19. The molecule has 1 N–H and O–H groups in total. The highest BCUT2D eigenvalue weighted by molar-refractivity contribution is 5.78. The van der Waals surface area contributed by atoms with Crippen LogP contribution in [-0.2, 0) is 17.8 Å². The van der Waals surface area contributed by atoms with Crippen molar-refractivity contribution in [2.24, 2.45) is 0 Å². The summed E-state index contributed by atoms with van der Waals surface area (Å²) < 4.78 is 1.62. The Hall–Kier alpha value is -3.80. The first-order valence-electron chi connectivity index (χ1n) is 9.03. The first kappa shape index (κ1) is 17.6. The Balaban J connectivity index is 1.36. The predicted octanol–water partition coefficient (Wildman–Crippen LogP) is 3.19. The zero-order chi connectivity index (χ0) is 19.2. The van der Waals surface area contributed by atoms with Gasteiger partial charge in [-0.15, -0.1) is 5.10 Å². The van der Waals surface area contributed by atoms with Crippen molar-refractivity contribution < 1.29 is 4.79 Å². The molecule has 1 aromatic heterocycles. The summed E-state index contributed by atoms with van der Waals surface area (Å²) >= 11 is 0. The van der Waals surface area contributed by atoms with Crippen molar-refractivity contribution in [3.8, 4) is 16.8 Å². The van der Waals surface area contributed by atoms with E-state index in [9.17, 15) is 4.79 Å². The molecule has 0 fully saturated rings. The van der Waals surface area contributed by atoms with Crippen LogP contribution in [0.2, 0.25) is 0 Å². The molecule has 0 aliphatic rings. The van der Waals surface area contributed by atoms with Gasteiger partial charge in [-0.05, 0) is 39.2 Å². The Morgan fingerprint density at radius 2 is 1.46 bits per heavy atom. The number of para-hydroxylation sites is 1. The van der Waals surface area contributed by atoms with Gasteiger partial charge in [0.05, 0.1) is 18.7 Å². The molecule has 4 aromatic rings. The lowest BCUT2D eigenvalue weighted by atomic mass is 10.0. The fraction of sp³-hybridized carbons (Fsp3) is 0.0909. The Labute approximate surface area is 162 Å². The minimum Gasteiger partial charge on any atom is -0.348 e. The molecule has 4 rings (SSSR count). The lowest BCUT2D eigenvalue weighted by Gasteiger charge is -2.07. The molecular weight excluding hydrogens is 350 g/mol. The summed E-state index contributed by atoms with van der Waals surface area (Å²) in [5.74, 6) is 0.508. The van der Waals surface area contributed by atoms with Crippen molar-refractivity contribution in [3.05, 3.63) is 96.3 Å². The van der Waals surface area contributed by atoms with Crippen LogP contribution in [0.15, 0.2) is 84.9 Å². The molecule has 0 unspecified atom stereocenters. The van der Waals surface area contributed by atoms with Gasteiger partial charge in [0.2, 0.25) is 5.91 Å². The van der Waals surface area contributed by atoms with Gasteiger partial charge in [-0.2, -0.15) is 4.68 Å². The molecule has 0 atom stereocenters. The van der Waals surface area contributed by atoms with E-state index >= 15 is 0 Å². The third kappa shape index (κ3) is 4.12. The Kier molecular flexibility index (Phi) is 5.20. The normalized spacial score (nSPS) is 10.6. The van der Waals surface area contributed by atoms with Crippen LogP contribution in [0.4, 0.5) is 0 Å². The van der Waals surface area contributed by atoms with Gasteiger partial charge in [0.1, 0.15) is 0 Å². The largest absolute Gasteiger partial charge is 0.348 e. The second-order valence-electron chi connectivity index (χ2n) is 6.36.